The molecule has 1 N–H and O–H groups in total. The summed E-state index contributed by atoms with van der Waals surface area (Å²) >= 11 is 5.58. The van der Waals surface area contributed by atoms with Gasteiger partial charge in [0.25, 0.3) is 5.24 Å². The number of carbonyl (C=O) groups excluding carboxylic acids is 1. The average Bonchev–Trinajstić information content (AvgIpc) is 3.08. The Kier molecular flexibility index (Phi) is 18.1. The Bertz CT molecular complexity index is 1370. The molecule has 0 fully saturated rings. The Labute approximate surface area is 281 Å². The normalized spacial score (nSPS) is 10.1. The maximum Gasteiger partial charge on any atom is 0.335 e. The summed E-state index contributed by atoms with van der Waals surface area (Å²) < 4.78 is 32.5. The molecule has 0 aromatic heterocycles. The van der Waals surface area contributed by atoms with Gasteiger partial charge in [0.1, 0.15) is 36.2 Å². The highest BCUT2D eigenvalue weighted by Crippen LogP contribution is 2.26. The van der Waals surface area contributed by atoms with Crippen LogP contribution in [0, 0.1) is 0 Å². The van der Waals surface area contributed by atoms with Crippen LogP contribution in [0.5, 0.6) is 23.0 Å². The fourth-order valence-corrected chi connectivity index (χ4v) is 4.09. The van der Waals surface area contributed by atoms with Crippen molar-refractivity contribution in [3.63, 3.8) is 0 Å². The average molecular weight is 667 g/mol. The van der Waals surface area contributed by atoms with Gasteiger partial charge in [-0.15, -0.1) is 0 Å². The van der Waals surface area contributed by atoms with Crippen molar-refractivity contribution >= 4 is 22.8 Å². The number of methoxy groups -OCH3 is 2. The van der Waals surface area contributed by atoms with Gasteiger partial charge in [-0.1, -0.05) is 68.1 Å². The summed E-state index contributed by atoms with van der Waals surface area (Å²) in [6, 6.07) is 29.1. The highest BCUT2D eigenvalue weighted by atomic mass is 35.5. The second-order valence-corrected chi connectivity index (χ2v) is 10.2. The zero-order valence-corrected chi connectivity index (χ0v) is 26.7. The number of carboxylic acid groups (broad SMARTS) is 1. The van der Waals surface area contributed by atoms with Gasteiger partial charge in [-0.3, -0.25) is 4.79 Å². The topological polar surface area (TPSA) is 110 Å². The van der Waals surface area contributed by atoms with Crippen molar-refractivity contribution in [1.29, 1.82) is 0 Å². The van der Waals surface area contributed by atoms with E-state index in [2.05, 4.69) is 0 Å². The number of rotatable bonds is 18. The molecule has 0 aliphatic rings. The summed E-state index contributed by atoms with van der Waals surface area (Å²) in [7, 11) is 3.27. The predicted molar refractivity (Wildman–Crippen MR) is 182 cm³/mol. The number of aromatic carboxylic acids is 1. The second-order valence-electron chi connectivity index (χ2n) is 9.90. The van der Waals surface area contributed by atoms with Gasteiger partial charge in [-0.05, 0) is 47.0 Å². The molecule has 10 heteroatoms. The van der Waals surface area contributed by atoms with Gasteiger partial charge in [0.15, 0.2) is 0 Å². The van der Waals surface area contributed by atoms with Crippen LogP contribution < -0.4 is 18.9 Å². The monoisotopic (exact) mass is 666 g/mol. The van der Waals surface area contributed by atoms with E-state index in [1.807, 2.05) is 60.7 Å². The molecule has 4 aromatic carbocycles. The summed E-state index contributed by atoms with van der Waals surface area (Å²) in [6.07, 6.45) is 1.49. The SMILES string of the molecule is C.COCCCOc1cc(OCc2ccccc2)cc(C(=O)Cl)c1.COCCCOc1cc(OCc2ccccc2)cc(C(=O)O)c1. The minimum atomic E-state index is -1.02. The summed E-state index contributed by atoms with van der Waals surface area (Å²) in [6.45, 7) is 2.93. The molecule has 0 amide bonds. The fourth-order valence-electron chi connectivity index (χ4n) is 3.98. The lowest BCUT2D eigenvalue weighted by molar-refractivity contribution is 0.0695. The predicted octanol–water partition coefficient (Wildman–Crippen LogP) is 8.08. The Morgan fingerprint density at radius 3 is 1.32 bits per heavy atom. The van der Waals surface area contributed by atoms with Gasteiger partial charge in [0.05, 0.1) is 18.8 Å². The van der Waals surface area contributed by atoms with Gasteiger partial charge < -0.3 is 33.5 Å². The molecule has 0 bridgehead atoms. The van der Waals surface area contributed by atoms with Crippen LogP contribution >= 0.6 is 11.6 Å². The fraction of sp³-hybridized carbons (Fsp3) is 0.297. The largest absolute Gasteiger partial charge is 0.493 e. The first kappa shape index (κ1) is 38.6. The summed E-state index contributed by atoms with van der Waals surface area (Å²) in [5.74, 6) is 1.02. The number of hydrogen-bond acceptors (Lipinski definition) is 8. The zero-order valence-electron chi connectivity index (χ0n) is 26.0. The van der Waals surface area contributed by atoms with Gasteiger partial charge in [-0.2, -0.15) is 0 Å². The lowest BCUT2D eigenvalue weighted by Gasteiger charge is -2.11. The minimum Gasteiger partial charge on any atom is -0.493 e. The van der Waals surface area contributed by atoms with Crippen LogP contribution in [-0.4, -0.2) is 57.0 Å². The van der Waals surface area contributed by atoms with E-state index in [1.54, 1.807) is 38.5 Å². The van der Waals surface area contributed by atoms with Crippen LogP contribution in [0.4, 0.5) is 0 Å². The minimum absolute atomic E-state index is 0. The highest BCUT2D eigenvalue weighted by Gasteiger charge is 2.10. The molecule has 0 saturated heterocycles. The number of halogens is 1. The maximum atomic E-state index is 11.4. The smallest absolute Gasteiger partial charge is 0.335 e. The zero-order chi connectivity index (χ0) is 33.0. The third-order valence-electron chi connectivity index (χ3n) is 6.25. The van der Waals surface area contributed by atoms with Crippen molar-refractivity contribution in [2.75, 3.05) is 40.6 Å². The summed E-state index contributed by atoms with van der Waals surface area (Å²) in [5, 5.41) is 8.65. The van der Waals surface area contributed by atoms with Gasteiger partial charge in [0.2, 0.25) is 0 Å². The second kappa shape index (κ2) is 22.0. The third kappa shape index (κ3) is 15.0. The Hall–Kier alpha value is -4.57. The molecule has 0 radical (unpaired) electrons. The highest BCUT2D eigenvalue weighted by molar-refractivity contribution is 6.67. The molecule has 4 aromatic rings. The number of carboxylic acids is 1. The molecule has 0 heterocycles. The van der Waals surface area contributed by atoms with E-state index >= 15 is 0 Å². The summed E-state index contributed by atoms with van der Waals surface area (Å²) in [4.78, 5) is 22.7. The quantitative estimate of drug-likeness (QED) is 0.0832. The lowest BCUT2D eigenvalue weighted by Crippen LogP contribution is -2.04. The molecule has 4 rings (SSSR count). The molecular weight excluding hydrogens is 624 g/mol. The van der Waals surface area contributed by atoms with Crippen molar-refractivity contribution in [2.24, 2.45) is 0 Å². The van der Waals surface area contributed by atoms with E-state index in [9.17, 15) is 14.7 Å². The summed E-state index contributed by atoms with van der Waals surface area (Å²) in [5.41, 5.74) is 2.53. The first-order chi connectivity index (χ1) is 22.4. The van der Waals surface area contributed by atoms with Gasteiger partial charge >= 0.3 is 5.97 Å². The van der Waals surface area contributed by atoms with E-state index in [4.69, 9.17) is 40.0 Å². The molecular formula is C37H43ClO9. The van der Waals surface area contributed by atoms with Crippen molar-refractivity contribution < 1.29 is 43.1 Å². The van der Waals surface area contributed by atoms with Crippen LogP contribution in [0.3, 0.4) is 0 Å². The molecule has 0 aliphatic heterocycles. The van der Waals surface area contributed by atoms with Crippen molar-refractivity contribution in [2.45, 2.75) is 33.5 Å². The number of hydrogen-bond donors (Lipinski definition) is 1. The molecule has 0 atom stereocenters. The standard InChI is InChI=1S/C18H19ClO4.C18H20O5.CH4/c2*1-21-8-5-9-22-16-10-15(18(19)20)11-17(12-16)23-13-14-6-3-2-4-7-14;/h2-4,6-7,10-12H,5,8-9,13H2,1H3;2-4,6-7,10-12H,5,8-9,13H2,1H3,(H,19,20);1H4. The number of carbonyl (C=O) groups is 2. The third-order valence-corrected chi connectivity index (χ3v) is 6.47. The Balaban J connectivity index is 0.000000320. The Morgan fingerprint density at radius 1 is 0.574 bits per heavy atom. The van der Waals surface area contributed by atoms with E-state index in [-0.39, 0.29) is 13.0 Å². The maximum absolute atomic E-state index is 11.4. The molecule has 0 saturated carbocycles. The van der Waals surface area contributed by atoms with E-state index < -0.39 is 11.2 Å². The van der Waals surface area contributed by atoms with E-state index in [1.165, 1.54) is 12.1 Å². The van der Waals surface area contributed by atoms with Crippen LogP contribution in [0.1, 0.15) is 52.1 Å². The molecule has 47 heavy (non-hydrogen) atoms. The lowest BCUT2D eigenvalue weighted by atomic mass is 10.2. The molecule has 0 spiro atoms. The first-order valence-electron chi connectivity index (χ1n) is 14.7. The molecule has 9 nitrogen and oxygen atoms in total. The van der Waals surface area contributed by atoms with E-state index in [0.29, 0.717) is 68.2 Å². The van der Waals surface area contributed by atoms with Gasteiger partial charge in [-0.25, -0.2) is 4.79 Å². The number of ether oxygens (including phenoxy) is 6. The molecule has 0 aliphatic carbocycles. The van der Waals surface area contributed by atoms with Crippen molar-refractivity contribution in [1.82, 2.24) is 0 Å². The molecule has 252 valence electrons. The van der Waals surface area contributed by atoms with Crippen molar-refractivity contribution in [3.8, 4) is 23.0 Å². The van der Waals surface area contributed by atoms with Crippen LogP contribution in [0.2, 0.25) is 0 Å². The van der Waals surface area contributed by atoms with Crippen LogP contribution in [-0.2, 0) is 22.7 Å². The number of benzene rings is 4. The molecule has 0 unspecified atom stereocenters. The van der Waals surface area contributed by atoms with Crippen LogP contribution in [0.25, 0.3) is 0 Å². The Morgan fingerprint density at radius 2 is 0.957 bits per heavy atom. The van der Waals surface area contributed by atoms with Gasteiger partial charge in [0, 0.05) is 58.0 Å². The van der Waals surface area contributed by atoms with Crippen molar-refractivity contribution in [3.05, 3.63) is 119 Å². The van der Waals surface area contributed by atoms with Crippen LogP contribution in [0.15, 0.2) is 97.1 Å². The van der Waals surface area contributed by atoms with E-state index in [0.717, 1.165) is 24.0 Å². The first-order valence-corrected chi connectivity index (χ1v) is 15.1.